The van der Waals surface area contributed by atoms with Crippen LogP contribution in [0.2, 0.25) is 0 Å². The molecule has 0 saturated heterocycles. The van der Waals surface area contributed by atoms with E-state index < -0.39 is 0 Å². The molecular formula is C52H32N6. The maximum Gasteiger partial charge on any atom is 0.238 e. The fraction of sp³-hybridized carbons (Fsp3) is 0. The second-order valence-electron chi connectivity index (χ2n) is 14.7. The molecule has 8 aromatic carbocycles. The van der Waals surface area contributed by atoms with Crippen molar-refractivity contribution in [3.63, 3.8) is 0 Å². The molecular weight excluding hydrogens is 709 g/mol. The van der Waals surface area contributed by atoms with Crippen LogP contribution in [0.3, 0.4) is 0 Å². The molecule has 0 amide bonds. The van der Waals surface area contributed by atoms with Crippen molar-refractivity contribution in [2.75, 3.05) is 0 Å². The molecule has 0 unspecified atom stereocenters. The lowest BCUT2D eigenvalue weighted by Crippen LogP contribution is -2.07. The van der Waals surface area contributed by atoms with E-state index in [1.165, 1.54) is 5.39 Å². The minimum Gasteiger partial charge on any atom is -0.307 e. The summed E-state index contributed by atoms with van der Waals surface area (Å²) in [4.78, 5) is 20.9. The zero-order valence-electron chi connectivity index (χ0n) is 31.2. The van der Waals surface area contributed by atoms with Crippen molar-refractivity contribution < 1.29 is 0 Å². The van der Waals surface area contributed by atoms with E-state index in [4.69, 9.17) is 19.9 Å². The van der Waals surface area contributed by atoms with E-state index in [9.17, 15) is 0 Å². The topological polar surface area (TPSA) is 61.4 Å². The monoisotopic (exact) mass is 740 g/mol. The van der Waals surface area contributed by atoms with Crippen molar-refractivity contribution in [2.24, 2.45) is 0 Å². The molecule has 4 aromatic heterocycles. The number of aromatic nitrogens is 6. The highest BCUT2D eigenvalue weighted by Gasteiger charge is 2.24. The predicted molar refractivity (Wildman–Crippen MR) is 238 cm³/mol. The van der Waals surface area contributed by atoms with Gasteiger partial charge in [0.1, 0.15) is 0 Å². The summed E-state index contributed by atoms with van der Waals surface area (Å²) in [5, 5.41) is 8.00. The Kier molecular flexibility index (Phi) is 7.13. The molecule has 0 aliphatic carbocycles. The second kappa shape index (κ2) is 12.8. The van der Waals surface area contributed by atoms with Crippen molar-refractivity contribution in [1.29, 1.82) is 0 Å². The van der Waals surface area contributed by atoms with Gasteiger partial charge in [-0.15, -0.1) is 0 Å². The SMILES string of the molecule is c1ccc(-c2nc(-c3ccccc3)nc(-n3c4ccccc4c4ccc5c6cc(-c7nc8ccccc8c8ccccc78)ccc6n(-c6ccccc6)c5c43)n2)cc1. The molecule has 0 aliphatic rings. The molecule has 0 atom stereocenters. The number of pyridine rings is 1. The highest BCUT2D eigenvalue weighted by Crippen LogP contribution is 2.43. The number of hydrogen-bond acceptors (Lipinski definition) is 4. The van der Waals surface area contributed by atoms with Crippen molar-refractivity contribution >= 4 is 65.3 Å². The Morgan fingerprint density at radius 3 is 1.55 bits per heavy atom. The van der Waals surface area contributed by atoms with Crippen LogP contribution in [0.4, 0.5) is 0 Å². The molecule has 6 nitrogen and oxygen atoms in total. The van der Waals surface area contributed by atoms with Gasteiger partial charge >= 0.3 is 0 Å². The lowest BCUT2D eigenvalue weighted by atomic mass is 9.99. The van der Waals surface area contributed by atoms with Crippen molar-refractivity contribution in [2.45, 2.75) is 0 Å². The fourth-order valence-electron chi connectivity index (χ4n) is 8.77. The summed E-state index contributed by atoms with van der Waals surface area (Å²) in [6, 6.07) is 67.9. The average molecular weight is 741 g/mol. The van der Waals surface area contributed by atoms with Gasteiger partial charge in [0.15, 0.2) is 11.6 Å². The van der Waals surface area contributed by atoms with Gasteiger partial charge in [-0.2, -0.15) is 9.97 Å². The Hall–Kier alpha value is -7.96. The molecule has 0 spiro atoms. The number of benzene rings is 8. The lowest BCUT2D eigenvalue weighted by molar-refractivity contribution is 0.953. The van der Waals surface area contributed by atoms with Gasteiger partial charge in [0.2, 0.25) is 5.95 Å². The Balaban J connectivity index is 1.21. The van der Waals surface area contributed by atoms with E-state index in [1.807, 2.05) is 36.4 Å². The number of nitrogens with zero attached hydrogens (tertiary/aromatic N) is 6. The molecule has 4 heterocycles. The smallest absolute Gasteiger partial charge is 0.238 e. The molecule has 6 heteroatoms. The van der Waals surface area contributed by atoms with E-state index in [0.717, 1.165) is 88.0 Å². The van der Waals surface area contributed by atoms with Crippen molar-refractivity contribution in [3.05, 3.63) is 194 Å². The summed E-state index contributed by atoms with van der Waals surface area (Å²) in [6.45, 7) is 0. The standard InChI is InChI=1S/C52H32N6/c1-4-16-33(17-5-1)50-54-51(34-18-6-2-7-19-34)56-52(55-50)58-45-27-15-13-24-39(45)41-29-30-42-43-32-35(28-31-46(43)57(48(42)49(41)58)36-20-8-3-9-21-36)47-40-25-11-10-22-37(40)38-23-12-14-26-44(38)53-47/h1-32H. The van der Waals surface area contributed by atoms with Gasteiger partial charge in [-0.05, 0) is 41.8 Å². The van der Waals surface area contributed by atoms with Crippen LogP contribution in [0, 0.1) is 0 Å². The third kappa shape index (κ3) is 4.92. The largest absolute Gasteiger partial charge is 0.307 e. The Labute approximate surface area is 333 Å². The summed E-state index contributed by atoms with van der Waals surface area (Å²) in [5.41, 5.74) is 10.2. The first-order valence-electron chi connectivity index (χ1n) is 19.5. The summed E-state index contributed by atoms with van der Waals surface area (Å²) < 4.78 is 4.64. The minimum absolute atomic E-state index is 0.559. The number of hydrogen-bond donors (Lipinski definition) is 0. The molecule has 0 bridgehead atoms. The zero-order chi connectivity index (χ0) is 38.2. The van der Waals surface area contributed by atoms with Gasteiger partial charge in [-0.25, -0.2) is 9.97 Å². The molecule has 12 aromatic rings. The van der Waals surface area contributed by atoms with Gasteiger partial charge in [0.05, 0.1) is 33.3 Å². The normalized spacial score (nSPS) is 11.8. The molecule has 0 aliphatic heterocycles. The van der Waals surface area contributed by atoms with Crippen LogP contribution in [0.5, 0.6) is 0 Å². The van der Waals surface area contributed by atoms with Gasteiger partial charge in [-0.3, -0.25) is 4.57 Å². The zero-order valence-corrected chi connectivity index (χ0v) is 31.2. The molecule has 0 fully saturated rings. The molecule has 0 radical (unpaired) electrons. The maximum absolute atomic E-state index is 5.29. The average Bonchev–Trinajstić information content (AvgIpc) is 3.82. The third-order valence-electron chi connectivity index (χ3n) is 11.3. The molecule has 270 valence electrons. The van der Waals surface area contributed by atoms with Gasteiger partial charge < -0.3 is 4.57 Å². The van der Waals surface area contributed by atoms with E-state index in [0.29, 0.717) is 17.6 Å². The first-order chi connectivity index (χ1) is 28.8. The minimum atomic E-state index is 0.559. The Bertz CT molecular complexity index is 3500. The van der Waals surface area contributed by atoms with Crippen molar-refractivity contribution in [3.8, 4) is 45.7 Å². The van der Waals surface area contributed by atoms with Gasteiger partial charge in [0.25, 0.3) is 0 Å². The van der Waals surface area contributed by atoms with Crippen LogP contribution in [0.25, 0.3) is 111 Å². The number of fused-ring (bicyclic) bond motifs is 10. The quantitative estimate of drug-likeness (QED) is 0.165. The Morgan fingerprint density at radius 2 is 0.845 bits per heavy atom. The summed E-state index contributed by atoms with van der Waals surface area (Å²) in [7, 11) is 0. The molecule has 12 rings (SSSR count). The van der Waals surface area contributed by atoms with Crippen molar-refractivity contribution in [1.82, 2.24) is 29.1 Å². The highest BCUT2D eigenvalue weighted by atomic mass is 15.2. The summed E-state index contributed by atoms with van der Waals surface area (Å²) in [5.74, 6) is 1.79. The van der Waals surface area contributed by atoms with Crippen LogP contribution in [0.1, 0.15) is 0 Å². The van der Waals surface area contributed by atoms with Gasteiger partial charge in [0, 0.05) is 54.7 Å². The van der Waals surface area contributed by atoms with Crippen LogP contribution >= 0.6 is 0 Å². The molecule has 0 N–H and O–H groups in total. The van der Waals surface area contributed by atoms with Crippen LogP contribution in [-0.4, -0.2) is 29.1 Å². The molecule has 0 saturated carbocycles. The highest BCUT2D eigenvalue weighted by molar-refractivity contribution is 6.24. The lowest BCUT2D eigenvalue weighted by Gasteiger charge is -2.13. The first-order valence-corrected chi connectivity index (χ1v) is 19.5. The summed E-state index contributed by atoms with van der Waals surface area (Å²) >= 11 is 0. The maximum atomic E-state index is 5.29. The fourth-order valence-corrected chi connectivity index (χ4v) is 8.77. The van der Waals surface area contributed by atoms with E-state index in [-0.39, 0.29) is 0 Å². The first kappa shape index (κ1) is 32.3. The van der Waals surface area contributed by atoms with E-state index in [2.05, 4.69) is 167 Å². The number of rotatable bonds is 5. The third-order valence-corrected chi connectivity index (χ3v) is 11.3. The van der Waals surface area contributed by atoms with Crippen LogP contribution in [-0.2, 0) is 0 Å². The van der Waals surface area contributed by atoms with Crippen LogP contribution in [0.15, 0.2) is 194 Å². The predicted octanol–water partition coefficient (Wildman–Crippen LogP) is 12.8. The second-order valence-corrected chi connectivity index (χ2v) is 14.7. The van der Waals surface area contributed by atoms with E-state index in [1.54, 1.807) is 0 Å². The Morgan fingerprint density at radius 1 is 0.310 bits per heavy atom. The van der Waals surface area contributed by atoms with Gasteiger partial charge in [-0.1, -0.05) is 158 Å². The number of para-hydroxylation sites is 3. The van der Waals surface area contributed by atoms with E-state index >= 15 is 0 Å². The van der Waals surface area contributed by atoms with Crippen LogP contribution < -0.4 is 0 Å². The summed E-state index contributed by atoms with van der Waals surface area (Å²) in [6.07, 6.45) is 0. The molecule has 58 heavy (non-hydrogen) atoms.